The van der Waals surface area contributed by atoms with Gasteiger partial charge in [-0.05, 0) is 27.9 Å². The molecule has 6 heteroatoms. The molecule has 0 aromatic carbocycles. The number of hydrogen-bond acceptors (Lipinski definition) is 3. The molecule has 2 aromatic heterocycles. The number of nitrogen functional groups attached to an aromatic ring is 1. The van der Waals surface area contributed by atoms with Gasteiger partial charge in [0.2, 0.25) is 5.43 Å². The highest BCUT2D eigenvalue weighted by Crippen LogP contribution is 2.07. The third-order valence-electron chi connectivity index (χ3n) is 2.48. The van der Waals surface area contributed by atoms with Crippen LogP contribution in [0.25, 0.3) is 0 Å². The van der Waals surface area contributed by atoms with Crippen LogP contribution in [0, 0.1) is 0 Å². The summed E-state index contributed by atoms with van der Waals surface area (Å²) < 4.78 is 4.16. The van der Waals surface area contributed by atoms with E-state index in [1.807, 2.05) is 24.0 Å². The minimum absolute atomic E-state index is 0.164. The number of pyridine rings is 1. The Labute approximate surface area is 107 Å². The molecule has 90 valence electrons. The zero-order chi connectivity index (χ0) is 12.4. The highest BCUT2D eigenvalue weighted by Gasteiger charge is 2.03. The zero-order valence-electron chi connectivity index (χ0n) is 9.43. The topological polar surface area (TPSA) is 65.8 Å². The Balaban J connectivity index is 2.12. The Hall–Kier alpha value is -1.56. The highest BCUT2D eigenvalue weighted by molar-refractivity contribution is 9.10. The fourth-order valence-electron chi connectivity index (χ4n) is 1.60. The Morgan fingerprint density at radius 2 is 2.18 bits per heavy atom. The molecular formula is C11H13BrN4O. The fourth-order valence-corrected chi connectivity index (χ4v) is 2.10. The molecule has 0 aliphatic carbocycles. The first-order valence-electron chi connectivity index (χ1n) is 5.19. The predicted octanol–water partition coefficient (Wildman–Crippen LogP) is 1.17. The van der Waals surface area contributed by atoms with E-state index in [2.05, 4.69) is 21.0 Å². The van der Waals surface area contributed by atoms with E-state index in [1.165, 1.54) is 0 Å². The normalized spacial score (nSPS) is 10.7. The summed E-state index contributed by atoms with van der Waals surface area (Å²) >= 11 is 3.20. The van der Waals surface area contributed by atoms with Crippen molar-refractivity contribution >= 4 is 21.6 Å². The van der Waals surface area contributed by atoms with Crippen molar-refractivity contribution in [2.75, 3.05) is 5.73 Å². The lowest BCUT2D eigenvalue weighted by Gasteiger charge is -2.07. The van der Waals surface area contributed by atoms with E-state index in [1.54, 1.807) is 17.1 Å². The maximum atomic E-state index is 11.4. The number of aryl methyl sites for hydroxylation is 3. The maximum absolute atomic E-state index is 11.4. The molecule has 5 nitrogen and oxygen atoms in total. The molecule has 0 unspecified atom stereocenters. The maximum Gasteiger partial charge on any atom is 0.218 e. The molecule has 0 radical (unpaired) electrons. The van der Waals surface area contributed by atoms with Gasteiger partial charge < -0.3 is 10.3 Å². The predicted molar refractivity (Wildman–Crippen MR) is 69.7 cm³/mol. The number of aromatic nitrogens is 3. The highest BCUT2D eigenvalue weighted by atomic mass is 79.9. The quantitative estimate of drug-likeness (QED) is 0.925. The molecule has 2 heterocycles. The van der Waals surface area contributed by atoms with Crippen LogP contribution in [0.5, 0.6) is 0 Å². The van der Waals surface area contributed by atoms with Gasteiger partial charge in [-0.1, -0.05) is 0 Å². The fraction of sp³-hybridized carbons (Fsp3) is 0.273. The first-order valence-corrected chi connectivity index (χ1v) is 5.98. The van der Waals surface area contributed by atoms with E-state index in [9.17, 15) is 4.79 Å². The lowest BCUT2D eigenvalue weighted by molar-refractivity contribution is 0.688. The average molecular weight is 297 g/mol. The van der Waals surface area contributed by atoms with E-state index in [0.29, 0.717) is 4.47 Å². The van der Waals surface area contributed by atoms with Crippen LogP contribution in [-0.2, 0) is 20.0 Å². The lowest BCUT2D eigenvalue weighted by Crippen LogP contribution is -2.13. The van der Waals surface area contributed by atoms with Gasteiger partial charge >= 0.3 is 0 Å². The van der Waals surface area contributed by atoms with Crippen LogP contribution >= 0.6 is 15.9 Å². The Morgan fingerprint density at radius 1 is 1.41 bits per heavy atom. The lowest BCUT2D eigenvalue weighted by atomic mass is 10.2. The van der Waals surface area contributed by atoms with Gasteiger partial charge in [-0.15, -0.1) is 0 Å². The minimum Gasteiger partial charge on any atom is -0.394 e. The third-order valence-corrected chi connectivity index (χ3v) is 3.05. The van der Waals surface area contributed by atoms with E-state index in [0.717, 1.165) is 18.5 Å². The number of anilines is 1. The van der Waals surface area contributed by atoms with Crippen molar-refractivity contribution in [2.45, 2.75) is 13.0 Å². The van der Waals surface area contributed by atoms with Crippen LogP contribution in [0.4, 0.5) is 5.69 Å². The van der Waals surface area contributed by atoms with Gasteiger partial charge in [0.25, 0.3) is 0 Å². The van der Waals surface area contributed by atoms with Crippen molar-refractivity contribution in [3.63, 3.8) is 0 Å². The molecule has 2 N–H and O–H groups in total. The monoisotopic (exact) mass is 296 g/mol. The largest absolute Gasteiger partial charge is 0.394 e. The summed E-state index contributed by atoms with van der Waals surface area (Å²) in [6.45, 7) is 0.759. The second kappa shape index (κ2) is 4.75. The summed E-state index contributed by atoms with van der Waals surface area (Å²) in [7, 11) is 1.89. The first kappa shape index (κ1) is 11.9. The smallest absolute Gasteiger partial charge is 0.218 e. The minimum atomic E-state index is -0.164. The second-order valence-electron chi connectivity index (χ2n) is 3.90. The van der Waals surface area contributed by atoms with Crippen molar-refractivity contribution in [2.24, 2.45) is 7.05 Å². The standard InChI is InChI=1S/C11H13BrN4O/c1-15-5-8(4-14-15)2-3-16-6-9(12)11(17)10(13)7-16/h4-7H,2-3,13H2,1H3. The zero-order valence-corrected chi connectivity index (χ0v) is 11.0. The molecule has 0 spiro atoms. The Bertz CT molecular complexity index is 561. The van der Waals surface area contributed by atoms with Gasteiger partial charge in [-0.3, -0.25) is 9.48 Å². The summed E-state index contributed by atoms with van der Waals surface area (Å²) in [6.07, 6.45) is 8.06. The summed E-state index contributed by atoms with van der Waals surface area (Å²) in [4.78, 5) is 11.4. The molecule has 0 atom stereocenters. The van der Waals surface area contributed by atoms with Gasteiger partial charge in [-0.25, -0.2) is 0 Å². The Morgan fingerprint density at radius 3 is 2.76 bits per heavy atom. The molecule has 0 fully saturated rings. The van der Waals surface area contributed by atoms with Crippen molar-refractivity contribution in [3.8, 4) is 0 Å². The van der Waals surface area contributed by atoms with Crippen LogP contribution in [0.1, 0.15) is 5.56 Å². The van der Waals surface area contributed by atoms with Crippen molar-refractivity contribution in [1.29, 1.82) is 0 Å². The van der Waals surface area contributed by atoms with Crippen LogP contribution < -0.4 is 11.2 Å². The number of halogens is 1. The third kappa shape index (κ3) is 2.76. The molecule has 0 saturated heterocycles. The number of nitrogens with two attached hydrogens (primary N) is 1. The summed E-state index contributed by atoms with van der Waals surface area (Å²) in [6, 6.07) is 0. The number of nitrogens with zero attached hydrogens (tertiary/aromatic N) is 3. The van der Waals surface area contributed by atoms with Crippen molar-refractivity contribution in [1.82, 2.24) is 14.3 Å². The van der Waals surface area contributed by atoms with Gasteiger partial charge in [0.05, 0.1) is 16.4 Å². The van der Waals surface area contributed by atoms with Crippen LogP contribution in [-0.4, -0.2) is 14.3 Å². The summed E-state index contributed by atoms with van der Waals surface area (Å²) in [5.74, 6) is 0. The van der Waals surface area contributed by atoms with E-state index in [4.69, 9.17) is 5.73 Å². The van der Waals surface area contributed by atoms with Crippen molar-refractivity contribution in [3.05, 3.63) is 45.0 Å². The molecule has 2 aromatic rings. The SMILES string of the molecule is Cn1cc(CCn2cc(N)c(=O)c(Br)c2)cn1. The second-order valence-corrected chi connectivity index (χ2v) is 4.76. The van der Waals surface area contributed by atoms with Gasteiger partial charge in [-0.2, -0.15) is 5.10 Å². The molecule has 0 aliphatic heterocycles. The number of rotatable bonds is 3. The molecular weight excluding hydrogens is 284 g/mol. The van der Waals surface area contributed by atoms with E-state index >= 15 is 0 Å². The molecule has 0 aliphatic rings. The average Bonchev–Trinajstić information content (AvgIpc) is 2.69. The summed E-state index contributed by atoms with van der Waals surface area (Å²) in [5.41, 5.74) is 6.86. The van der Waals surface area contributed by atoms with Crippen molar-refractivity contribution < 1.29 is 0 Å². The van der Waals surface area contributed by atoms with Gasteiger partial charge in [0.1, 0.15) is 0 Å². The van der Waals surface area contributed by atoms with Crippen LogP contribution in [0.3, 0.4) is 0 Å². The Kier molecular flexibility index (Phi) is 3.33. The van der Waals surface area contributed by atoms with Crippen LogP contribution in [0.2, 0.25) is 0 Å². The molecule has 0 saturated carbocycles. The van der Waals surface area contributed by atoms with Crippen LogP contribution in [0.15, 0.2) is 34.1 Å². The molecule has 0 amide bonds. The van der Waals surface area contributed by atoms with E-state index < -0.39 is 0 Å². The number of hydrogen-bond donors (Lipinski definition) is 1. The van der Waals surface area contributed by atoms with Gasteiger partial charge in [0.15, 0.2) is 0 Å². The molecule has 17 heavy (non-hydrogen) atoms. The van der Waals surface area contributed by atoms with E-state index in [-0.39, 0.29) is 11.1 Å². The molecule has 2 rings (SSSR count). The summed E-state index contributed by atoms with van der Waals surface area (Å²) in [5, 5.41) is 4.10. The first-order chi connectivity index (χ1) is 8.06. The van der Waals surface area contributed by atoms with Gasteiger partial charge in [0, 0.05) is 32.2 Å². The molecule has 0 bridgehead atoms.